The topological polar surface area (TPSA) is 55.3 Å². The third kappa shape index (κ3) is 2.63. The lowest BCUT2D eigenvalue weighted by Crippen LogP contribution is -2.48. The highest BCUT2D eigenvalue weighted by molar-refractivity contribution is 7.19. The van der Waals surface area contributed by atoms with Crippen molar-refractivity contribution >= 4 is 39.2 Å². The van der Waals surface area contributed by atoms with Gasteiger partial charge in [0, 0.05) is 13.1 Å². The van der Waals surface area contributed by atoms with Crippen molar-refractivity contribution in [1.82, 2.24) is 14.9 Å². The molecule has 0 aliphatic carbocycles. The van der Waals surface area contributed by atoms with Crippen LogP contribution in [0.4, 0.5) is 0 Å². The number of aromatic nitrogens is 2. The molecule has 1 aliphatic rings. The summed E-state index contributed by atoms with van der Waals surface area (Å²) in [5.41, 5.74) is 0.706. The predicted octanol–water partition coefficient (Wildman–Crippen LogP) is 2.59. The van der Waals surface area contributed by atoms with Gasteiger partial charge in [-0.1, -0.05) is 22.9 Å². The van der Waals surface area contributed by atoms with E-state index < -0.39 is 0 Å². The molecule has 1 amide bonds. The van der Waals surface area contributed by atoms with Crippen LogP contribution in [0, 0.1) is 0 Å². The van der Waals surface area contributed by atoms with Gasteiger partial charge in [0.2, 0.25) is 0 Å². The van der Waals surface area contributed by atoms with Gasteiger partial charge >= 0.3 is 0 Å². The van der Waals surface area contributed by atoms with Crippen molar-refractivity contribution in [2.45, 2.75) is 26.1 Å². The zero-order chi connectivity index (χ0) is 14.3. The monoisotopic (exact) mass is 311 g/mol. The summed E-state index contributed by atoms with van der Waals surface area (Å²) in [5, 5.41) is 0.866. The number of ether oxygens (including phenoxy) is 1. The van der Waals surface area contributed by atoms with E-state index in [1.54, 1.807) is 17.0 Å². The van der Waals surface area contributed by atoms with Crippen LogP contribution in [-0.2, 0) is 4.74 Å². The van der Waals surface area contributed by atoms with Crippen LogP contribution in [0.15, 0.2) is 12.1 Å². The second kappa shape index (κ2) is 5.27. The van der Waals surface area contributed by atoms with E-state index in [0.717, 1.165) is 0 Å². The van der Waals surface area contributed by atoms with Crippen molar-refractivity contribution in [3.63, 3.8) is 0 Å². The average Bonchev–Trinajstić information content (AvgIpc) is 2.79. The molecule has 0 aromatic carbocycles. The van der Waals surface area contributed by atoms with Crippen LogP contribution in [0.5, 0.6) is 0 Å². The SMILES string of the molecule is C[C@@H]1CN(C(=O)c2nc3ccc(Cl)nc3s2)C[C@H](C)O1. The van der Waals surface area contributed by atoms with E-state index in [1.807, 2.05) is 13.8 Å². The third-order valence-corrected chi connectivity index (χ3v) is 4.27. The van der Waals surface area contributed by atoms with Crippen molar-refractivity contribution in [3.8, 4) is 0 Å². The maximum Gasteiger partial charge on any atom is 0.283 e. The molecular formula is C13H14ClN3O2S. The fourth-order valence-electron chi connectivity index (χ4n) is 2.36. The van der Waals surface area contributed by atoms with Gasteiger partial charge in [-0.2, -0.15) is 0 Å². The first-order valence-electron chi connectivity index (χ1n) is 6.41. The Kier molecular flexibility index (Phi) is 3.62. The summed E-state index contributed by atoms with van der Waals surface area (Å²) < 4.78 is 5.64. The first-order valence-corrected chi connectivity index (χ1v) is 7.60. The van der Waals surface area contributed by atoms with Crippen LogP contribution in [0.2, 0.25) is 5.15 Å². The highest BCUT2D eigenvalue weighted by Crippen LogP contribution is 2.24. The van der Waals surface area contributed by atoms with Crippen LogP contribution < -0.4 is 0 Å². The van der Waals surface area contributed by atoms with Gasteiger partial charge in [0.15, 0.2) is 5.01 Å². The molecule has 5 nitrogen and oxygen atoms in total. The van der Waals surface area contributed by atoms with Crippen LogP contribution in [0.3, 0.4) is 0 Å². The molecule has 20 heavy (non-hydrogen) atoms. The number of rotatable bonds is 1. The van der Waals surface area contributed by atoms with Crippen molar-refractivity contribution in [2.24, 2.45) is 0 Å². The number of thiazole rings is 1. The molecule has 1 aliphatic heterocycles. The Morgan fingerprint density at radius 1 is 1.35 bits per heavy atom. The van der Waals surface area contributed by atoms with Crippen LogP contribution in [-0.4, -0.2) is 46.1 Å². The first kappa shape index (κ1) is 13.7. The Morgan fingerprint density at radius 2 is 2.05 bits per heavy atom. The van der Waals surface area contributed by atoms with E-state index in [4.69, 9.17) is 16.3 Å². The number of morpholine rings is 1. The minimum atomic E-state index is -0.0638. The summed E-state index contributed by atoms with van der Waals surface area (Å²) >= 11 is 7.13. The van der Waals surface area contributed by atoms with Gasteiger partial charge in [0.05, 0.1) is 12.2 Å². The number of halogens is 1. The van der Waals surface area contributed by atoms with Gasteiger partial charge in [-0.05, 0) is 26.0 Å². The Morgan fingerprint density at radius 3 is 2.75 bits per heavy atom. The molecule has 106 valence electrons. The maximum atomic E-state index is 12.5. The molecule has 0 N–H and O–H groups in total. The van der Waals surface area contributed by atoms with E-state index in [2.05, 4.69) is 9.97 Å². The predicted molar refractivity (Wildman–Crippen MR) is 78.3 cm³/mol. The minimum Gasteiger partial charge on any atom is -0.372 e. The van der Waals surface area contributed by atoms with E-state index in [-0.39, 0.29) is 18.1 Å². The number of pyridine rings is 1. The van der Waals surface area contributed by atoms with Crippen molar-refractivity contribution in [3.05, 3.63) is 22.3 Å². The summed E-state index contributed by atoms with van der Waals surface area (Å²) in [7, 11) is 0. The van der Waals surface area contributed by atoms with E-state index in [9.17, 15) is 4.79 Å². The maximum absolute atomic E-state index is 12.5. The summed E-state index contributed by atoms with van der Waals surface area (Å²) in [5.74, 6) is -0.0638. The van der Waals surface area contributed by atoms with Crippen LogP contribution in [0.1, 0.15) is 23.6 Å². The zero-order valence-corrected chi connectivity index (χ0v) is 12.7. The van der Waals surface area contributed by atoms with E-state index >= 15 is 0 Å². The standard InChI is InChI=1S/C13H14ClN3O2S/c1-7-5-17(6-8(2)19-7)13(18)12-15-9-3-4-10(14)16-11(9)20-12/h3-4,7-8H,5-6H2,1-2H3/t7-,8+. The van der Waals surface area contributed by atoms with Gasteiger partial charge in [-0.25, -0.2) is 9.97 Å². The second-order valence-corrected chi connectivity index (χ2v) is 6.31. The number of amides is 1. The molecule has 1 fully saturated rings. The van der Waals surface area contributed by atoms with Crippen molar-refractivity contribution in [2.75, 3.05) is 13.1 Å². The zero-order valence-electron chi connectivity index (χ0n) is 11.2. The molecular weight excluding hydrogens is 298 g/mol. The molecule has 2 atom stereocenters. The number of nitrogens with zero attached hydrogens (tertiary/aromatic N) is 3. The molecule has 2 aromatic heterocycles. The summed E-state index contributed by atoms with van der Waals surface area (Å²) in [6, 6.07) is 3.46. The Labute approximate surface area is 125 Å². The van der Waals surface area contributed by atoms with Crippen molar-refractivity contribution in [1.29, 1.82) is 0 Å². The van der Waals surface area contributed by atoms with Gasteiger partial charge in [0.1, 0.15) is 15.5 Å². The number of carbonyl (C=O) groups excluding carboxylic acids is 1. The van der Waals surface area contributed by atoms with Gasteiger partial charge in [-0.3, -0.25) is 4.79 Å². The Balaban J connectivity index is 1.88. The number of carbonyl (C=O) groups is 1. The highest BCUT2D eigenvalue weighted by Gasteiger charge is 2.28. The average molecular weight is 312 g/mol. The van der Waals surface area contributed by atoms with Crippen LogP contribution >= 0.6 is 22.9 Å². The van der Waals surface area contributed by atoms with Gasteiger partial charge in [-0.15, -0.1) is 0 Å². The van der Waals surface area contributed by atoms with Gasteiger partial charge < -0.3 is 9.64 Å². The lowest BCUT2D eigenvalue weighted by atomic mass is 10.2. The van der Waals surface area contributed by atoms with Crippen LogP contribution in [0.25, 0.3) is 10.3 Å². The normalized spacial score (nSPS) is 23.2. The quantitative estimate of drug-likeness (QED) is 0.760. The molecule has 1 saturated heterocycles. The molecule has 0 bridgehead atoms. The summed E-state index contributed by atoms with van der Waals surface area (Å²) in [6.07, 6.45) is 0.0919. The lowest BCUT2D eigenvalue weighted by molar-refractivity contribution is -0.0586. The molecule has 7 heteroatoms. The second-order valence-electron chi connectivity index (χ2n) is 4.94. The summed E-state index contributed by atoms with van der Waals surface area (Å²) in [4.78, 5) is 23.5. The van der Waals surface area contributed by atoms with Gasteiger partial charge in [0.25, 0.3) is 5.91 Å². The number of hydrogen-bond donors (Lipinski definition) is 0. The highest BCUT2D eigenvalue weighted by atomic mass is 35.5. The molecule has 0 unspecified atom stereocenters. The molecule has 0 spiro atoms. The molecule has 3 rings (SSSR count). The van der Waals surface area contributed by atoms with Crippen molar-refractivity contribution < 1.29 is 9.53 Å². The minimum absolute atomic E-state index is 0.0460. The Hall–Kier alpha value is -1.24. The first-order chi connectivity index (χ1) is 9.52. The Bertz CT molecular complexity index is 650. The van der Waals surface area contributed by atoms with E-state index in [0.29, 0.717) is 33.6 Å². The fourth-order valence-corrected chi connectivity index (χ4v) is 3.47. The lowest BCUT2D eigenvalue weighted by Gasteiger charge is -2.34. The molecule has 2 aromatic rings. The van der Waals surface area contributed by atoms with E-state index in [1.165, 1.54) is 11.3 Å². The number of fused-ring (bicyclic) bond motifs is 1. The largest absolute Gasteiger partial charge is 0.372 e. The smallest absolute Gasteiger partial charge is 0.283 e. The number of hydrogen-bond acceptors (Lipinski definition) is 5. The molecule has 0 radical (unpaired) electrons. The molecule has 0 saturated carbocycles. The fraction of sp³-hybridized carbons (Fsp3) is 0.462. The molecule has 3 heterocycles. The third-order valence-electron chi connectivity index (χ3n) is 3.11. The summed E-state index contributed by atoms with van der Waals surface area (Å²) in [6.45, 7) is 5.12.